The van der Waals surface area contributed by atoms with E-state index in [1.54, 1.807) is 7.11 Å². The summed E-state index contributed by atoms with van der Waals surface area (Å²) in [5.74, 6) is -0.496. The van der Waals surface area contributed by atoms with Crippen molar-refractivity contribution in [3.63, 3.8) is 0 Å². The molecular formula is C11H19NO5. The van der Waals surface area contributed by atoms with Crippen LogP contribution in [0.1, 0.15) is 12.8 Å². The van der Waals surface area contributed by atoms with Gasteiger partial charge in [-0.05, 0) is 0 Å². The van der Waals surface area contributed by atoms with Crippen LogP contribution in [-0.2, 0) is 23.8 Å². The van der Waals surface area contributed by atoms with E-state index in [0.29, 0.717) is 32.7 Å². The van der Waals surface area contributed by atoms with Crippen LogP contribution in [0.2, 0.25) is 0 Å². The van der Waals surface area contributed by atoms with Gasteiger partial charge in [0.2, 0.25) is 0 Å². The number of ether oxygens (including phenoxy) is 3. The Labute approximate surface area is 101 Å². The van der Waals surface area contributed by atoms with Crippen LogP contribution in [0.3, 0.4) is 0 Å². The smallest absolute Gasteiger partial charge is 0.323 e. The van der Waals surface area contributed by atoms with Gasteiger partial charge in [-0.3, -0.25) is 14.5 Å². The van der Waals surface area contributed by atoms with Crippen LogP contribution in [0.4, 0.5) is 0 Å². The number of carbonyl (C=O) groups is 2. The summed E-state index contributed by atoms with van der Waals surface area (Å²) in [6.07, 6.45) is 0.938. The van der Waals surface area contributed by atoms with E-state index in [9.17, 15) is 9.59 Å². The Morgan fingerprint density at radius 2 is 2.24 bits per heavy atom. The van der Waals surface area contributed by atoms with Gasteiger partial charge in [-0.15, -0.1) is 0 Å². The zero-order valence-electron chi connectivity index (χ0n) is 10.3. The molecule has 0 radical (unpaired) electrons. The summed E-state index contributed by atoms with van der Waals surface area (Å²) in [6, 6.07) is -0.255. The Morgan fingerprint density at radius 3 is 2.76 bits per heavy atom. The zero-order chi connectivity index (χ0) is 12.7. The second-order valence-corrected chi connectivity index (χ2v) is 3.83. The standard InChI is InChI=1S/C11H19NO5/c1-15-8-6-12(5-3-10(13)16-2)9-4-7-17-11(9)14/h9H,3-8H2,1-2H3. The molecule has 1 unspecified atom stereocenters. The highest BCUT2D eigenvalue weighted by Crippen LogP contribution is 2.14. The molecule has 0 aromatic heterocycles. The van der Waals surface area contributed by atoms with Gasteiger partial charge in [0.1, 0.15) is 6.04 Å². The van der Waals surface area contributed by atoms with Gasteiger partial charge >= 0.3 is 11.9 Å². The van der Waals surface area contributed by atoms with Crippen LogP contribution in [0.5, 0.6) is 0 Å². The first kappa shape index (κ1) is 13.9. The molecule has 0 N–H and O–H groups in total. The maximum absolute atomic E-state index is 11.5. The average molecular weight is 245 g/mol. The van der Waals surface area contributed by atoms with Crippen molar-refractivity contribution in [3.05, 3.63) is 0 Å². The fourth-order valence-corrected chi connectivity index (χ4v) is 1.79. The van der Waals surface area contributed by atoms with Crippen molar-refractivity contribution in [2.75, 3.05) is 40.5 Å². The molecule has 1 heterocycles. The van der Waals surface area contributed by atoms with Gasteiger partial charge in [0.15, 0.2) is 0 Å². The second-order valence-electron chi connectivity index (χ2n) is 3.83. The lowest BCUT2D eigenvalue weighted by Crippen LogP contribution is -2.41. The average Bonchev–Trinajstić information content (AvgIpc) is 2.75. The van der Waals surface area contributed by atoms with Crippen LogP contribution in [0, 0.1) is 0 Å². The molecule has 0 aromatic carbocycles. The van der Waals surface area contributed by atoms with E-state index in [0.717, 1.165) is 0 Å². The summed E-state index contributed by atoms with van der Waals surface area (Å²) < 4.78 is 14.5. The minimum Gasteiger partial charge on any atom is -0.469 e. The third kappa shape index (κ3) is 4.32. The monoisotopic (exact) mass is 245 g/mol. The number of nitrogens with zero attached hydrogens (tertiary/aromatic N) is 1. The Morgan fingerprint density at radius 1 is 1.47 bits per heavy atom. The molecule has 1 fully saturated rings. The Bertz CT molecular complexity index is 269. The fourth-order valence-electron chi connectivity index (χ4n) is 1.79. The van der Waals surface area contributed by atoms with Gasteiger partial charge in [-0.25, -0.2) is 0 Å². The maximum atomic E-state index is 11.5. The molecule has 6 heteroatoms. The molecular weight excluding hydrogens is 226 g/mol. The van der Waals surface area contributed by atoms with E-state index in [2.05, 4.69) is 4.74 Å². The van der Waals surface area contributed by atoms with Crippen molar-refractivity contribution in [3.8, 4) is 0 Å². The van der Waals surface area contributed by atoms with Gasteiger partial charge in [-0.2, -0.15) is 0 Å². The van der Waals surface area contributed by atoms with E-state index in [4.69, 9.17) is 9.47 Å². The SMILES string of the molecule is COCCN(CCC(=O)OC)C1CCOC1=O. The molecule has 0 saturated carbocycles. The van der Waals surface area contributed by atoms with Crippen LogP contribution < -0.4 is 0 Å². The van der Waals surface area contributed by atoms with Gasteiger partial charge < -0.3 is 14.2 Å². The molecule has 0 amide bonds. The first-order valence-corrected chi connectivity index (χ1v) is 5.65. The number of methoxy groups -OCH3 is 2. The molecule has 1 aliphatic heterocycles. The molecule has 0 spiro atoms. The predicted octanol–water partition coefficient (Wildman–Crippen LogP) is -0.187. The highest BCUT2D eigenvalue weighted by atomic mass is 16.5. The topological polar surface area (TPSA) is 65.1 Å². The summed E-state index contributed by atoms with van der Waals surface area (Å²) in [5.41, 5.74) is 0. The number of esters is 2. The third-order valence-corrected chi connectivity index (χ3v) is 2.76. The molecule has 1 aliphatic rings. The number of cyclic esters (lactones) is 1. The number of carbonyl (C=O) groups excluding carboxylic acids is 2. The van der Waals surface area contributed by atoms with E-state index in [1.807, 2.05) is 4.90 Å². The first-order valence-electron chi connectivity index (χ1n) is 5.65. The van der Waals surface area contributed by atoms with Crippen molar-refractivity contribution in [1.82, 2.24) is 4.90 Å². The molecule has 0 bridgehead atoms. The van der Waals surface area contributed by atoms with Crippen LogP contribution >= 0.6 is 0 Å². The fraction of sp³-hybridized carbons (Fsp3) is 0.818. The molecule has 0 aliphatic carbocycles. The van der Waals surface area contributed by atoms with Crippen molar-refractivity contribution < 1.29 is 23.8 Å². The first-order chi connectivity index (χ1) is 8.19. The minimum atomic E-state index is -0.279. The zero-order valence-corrected chi connectivity index (χ0v) is 10.3. The lowest BCUT2D eigenvalue weighted by molar-refractivity contribution is -0.145. The van der Waals surface area contributed by atoms with Crippen LogP contribution in [0.25, 0.3) is 0 Å². The lowest BCUT2D eigenvalue weighted by atomic mass is 10.2. The largest absolute Gasteiger partial charge is 0.469 e. The maximum Gasteiger partial charge on any atom is 0.323 e. The van der Waals surface area contributed by atoms with Gasteiger partial charge in [0.25, 0.3) is 0 Å². The van der Waals surface area contributed by atoms with Crippen molar-refractivity contribution >= 4 is 11.9 Å². The van der Waals surface area contributed by atoms with E-state index in [1.165, 1.54) is 7.11 Å². The van der Waals surface area contributed by atoms with Gasteiger partial charge in [-0.1, -0.05) is 0 Å². The second kappa shape index (κ2) is 7.24. The summed E-state index contributed by atoms with van der Waals surface area (Å²) in [7, 11) is 2.96. The van der Waals surface area contributed by atoms with Crippen molar-refractivity contribution in [1.29, 1.82) is 0 Å². The molecule has 98 valence electrons. The van der Waals surface area contributed by atoms with E-state index in [-0.39, 0.29) is 24.4 Å². The minimum absolute atomic E-state index is 0.217. The molecule has 0 aromatic rings. The Balaban J connectivity index is 2.47. The quantitative estimate of drug-likeness (QED) is 0.579. The predicted molar refractivity (Wildman–Crippen MR) is 59.4 cm³/mol. The Kier molecular flexibility index (Phi) is 5.93. The van der Waals surface area contributed by atoms with E-state index >= 15 is 0 Å². The normalized spacial score (nSPS) is 19.5. The van der Waals surface area contributed by atoms with E-state index < -0.39 is 0 Å². The number of hydrogen-bond acceptors (Lipinski definition) is 6. The third-order valence-electron chi connectivity index (χ3n) is 2.76. The van der Waals surface area contributed by atoms with Crippen molar-refractivity contribution in [2.45, 2.75) is 18.9 Å². The van der Waals surface area contributed by atoms with Gasteiger partial charge in [0, 0.05) is 26.6 Å². The molecule has 1 rings (SSSR count). The molecule has 1 saturated heterocycles. The summed E-state index contributed by atoms with van der Waals surface area (Å²) in [4.78, 5) is 24.5. The number of hydrogen-bond donors (Lipinski definition) is 0. The van der Waals surface area contributed by atoms with Crippen LogP contribution in [0.15, 0.2) is 0 Å². The summed E-state index contributed by atoms with van der Waals surface area (Å²) >= 11 is 0. The highest BCUT2D eigenvalue weighted by molar-refractivity contribution is 5.77. The molecule has 1 atom stereocenters. The highest BCUT2D eigenvalue weighted by Gasteiger charge is 2.32. The molecule has 17 heavy (non-hydrogen) atoms. The van der Waals surface area contributed by atoms with Gasteiger partial charge in [0.05, 0.1) is 26.7 Å². The Hall–Kier alpha value is -1.14. The van der Waals surface area contributed by atoms with Crippen molar-refractivity contribution in [2.24, 2.45) is 0 Å². The summed E-state index contributed by atoms with van der Waals surface area (Å²) in [6.45, 7) is 2.05. The molecule has 6 nitrogen and oxygen atoms in total. The summed E-state index contributed by atoms with van der Waals surface area (Å²) in [5, 5.41) is 0. The number of rotatable bonds is 7. The lowest BCUT2D eigenvalue weighted by Gasteiger charge is -2.25. The van der Waals surface area contributed by atoms with Crippen LogP contribution in [-0.4, -0.2) is 63.4 Å².